The summed E-state index contributed by atoms with van der Waals surface area (Å²) in [5.41, 5.74) is 27.4. The monoisotopic (exact) mass is 1110 g/mol. The van der Waals surface area contributed by atoms with E-state index in [1.807, 2.05) is 0 Å². The molecular weight excluding hydrogens is 1030 g/mol. The summed E-state index contributed by atoms with van der Waals surface area (Å²) in [7, 11) is 0. The summed E-state index contributed by atoms with van der Waals surface area (Å²) in [6.45, 7) is 36.7. The van der Waals surface area contributed by atoms with Gasteiger partial charge in [0.25, 0.3) is 6.71 Å². The van der Waals surface area contributed by atoms with Gasteiger partial charge in [-0.25, -0.2) is 0 Å². The molecule has 1 fully saturated rings. The van der Waals surface area contributed by atoms with Gasteiger partial charge >= 0.3 is 0 Å². The highest BCUT2D eigenvalue weighted by atomic mass is 15.3. The Bertz CT molecular complexity index is 4270. The maximum Gasteiger partial charge on any atom is 0.252 e. The maximum absolute atomic E-state index is 2.96. The molecule has 85 heavy (non-hydrogen) atoms. The summed E-state index contributed by atoms with van der Waals surface area (Å²) in [6.07, 6.45) is 6.68. The van der Waals surface area contributed by atoms with E-state index in [-0.39, 0.29) is 44.7 Å². The van der Waals surface area contributed by atoms with Crippen LogP contribution in [-0.4, -0.2) is 12.3 Å². The average molecular weight is 1110 g/mol. The zero-order valence-electron chi connectivity index (χ0n) is 53.4. The third kappa shape index (κ3) is 7.45. The molecule has 1 saturated carbocycles. The summed E-state index contributed by atoms with van der Waals surface area (Å²) in [4.78, 5) is 8.62. The second kappa shape index (κ2) is 17.9. The lowest BCUT2D eigenvalue weighted by atomic mass is 9.33. The Labute approximate surface area is 508 Å². The first-order valence-corrected chi connectivity index (χ1v) is 32.1. The quantitative estimate of drug-likeness (QED) is 0.163. The van der Waals surface area contributed by atoms with Gasteiger partial charge in [0.2, 0.25) is 0 Å². The Hall–Kier alpha value is -7.30. The lowest BCUT2D eigenvalue weighted by Gasteiger charge is -2.54. The van der Waals surface area contributed by atoms with Crippen LogP contribution in [0.1, 0.15) is 186 Å². The molecule has 0 N–H and O–H groups in total. The Balaban J connectivity index is 1.12. The topological polar surface area (TPSA) is 9.72 Å². The van der Waals surface area contributed by atoms with Crippen molar-refractivity contribution in [3.8, 4) is 11.1 Å². The van der Waals surface area contributed by atoms with Crippen LogP contribution in [0.25, 0.3) is 21.9 Å². The number of fused-ring (bicyclic) bond motifs is 13. The highest BCUT2D eigenvalue weighted by molar-refractivity contribution is 7.00. The van der Waals surface area contributed by atoms with Gasteiger partial charge in [0.15, 0.2) is 0 Å². The van der Waals surface area contributed by atoms with Crippen molar-refractivity contribution in [2.45, 2.75) is 186 Å². The van der Waals surface area contributed by atoms with Crippen molar-refractivity contribution in [2.75, 3.05) is 14.7 Å². The maximum atomic E-state index is 2.96. The fraction of sp³-hybridized carbons (Fsp3) is 0.358. The Morgan fingerprint density at radius 1 is 0.424 bits per heavy atom. The van der Waals surface area contributed by atoms with Crippen LogP contribution in [0.4, 0.5) is 39.8 Å². The standard InChI is InChI=1S/C81H86BN3/c1-74(2,3)56-33-36-67(61(44-56)54-32-31-51-25-19-20-27-53(51)43-54)83-69-38-35-58(76(7,8)9)47-65(69)82-66-48-59(77(10,11)12)46-64-73(66)85(80(15)62-30-22-21-26-52(62)39-42-78(64,80)13)71-50-60(49-70(83)72(71)82)84-68-37-34-57(75(4,5)6)45-63(68)81(55-28-17-16-18-29-55)41-24-23-40-79(81,84)14/h16-22,25-38,43-50H,23-24,39-42H2,1-15H3. The minimum absolute atomic E-state index is 0.0193. The van der Waals surface area contributed by atoms with Crippen molar-refractivity contribution < 1.29 is 0 Å². The van der Waals surface area contributed by atoms with Gasteiger partial charge in [0, 0.05) is 50.5 Å². The summed E-state index contributed by atoms with van der Waals surface area (Å²) >= 11 is 0. The molecule has 4 unspecified atom stereocenters. The molecule has 4 heterocycles. The van der Waals surface area contributed by atoms with E-state index >= 15 is 0 Å². The van der Waals surface area contributed by atoms with Crippen molar-refractivity contribution in [3.63, 3.8) is 0 Å². The predicted octanol–water partition coefficient (Wildman–Crippen LogP) is 19.4. The second-order valence-corrected chi connectivity index (χ2v) is 31.4. The van der Waals surface area contributed by atoms with Gasteiger partial charge in [-0.3, -0.25) is 0 Å². The van der Waals surface area contributed by atoms with Crippen molar-refractivity contribution >= 4 is 73.7 Å². The van der Waals surface area contributed by atoms with Gasteiger partial charge < -0.3 is 14.7 Å². The molecule has 0 amide bonds. The smallest absolute Gasteiger partial charge is 0.252 e. The van der Waals surface area contributed by atoms with Gasteiger partial charge in [-0.05, 0) is 186 Å². The number of aryl methyl sites for hydroxylation is 1. The van der Waals surface area contributed by atoms with Gasteiger partial charge in [0.05, 0.1) is 16.8 Å². The normalized spacial score (nSPS) is 22.8. The molecule has 15 rings (SSSR count). The van der Waals surface area contributed by atoms with E-state index in [2.05, 4.69) is 294 Å². The van der Waals surface area contributed by atoms with Crippen LogP contribution in [0, 0.1) is 0 Å². The van der Waals surface area contributed by atoms with Crippen LogP contribution < -0.4 is 31.1 Å². The predicted molar refractivity (Wildman–Crippen MR) is 364 cm³/mol. The fourth-order valence-corrected chi connectivity index (χ4v) is 17.6. The van der Waals surface area contributed by atoms with Crippen LogP contribution in [0.3, 0.4) is 0 Å². The van der Waals surface area contributed by atoms with Gasteiger partial charge in [-0.1, -0.05) is 236 Å². The highest BCUT2D eigenvalue weighted by Crippen LogP contribution is 2.68. The van der Waals surface area contributed by atoms with E-state index in [0.717, 1.165) is 25.7 Å². The number of benzene rings is 9. The van der Waals surface area contributed by atoms with E-state index in [1.54, 1.807) is 0 Å². The molecule has 0 spiro atoms. The number of hydrogen-bond acceptors (Lipinski definition) is 3. The van der Waals surface area contributed by atoms with Crippen molar-refractivity contribution in [1.82, 2.24) is 0 Å². The molecule has 428 valence electrons. The van der Waals surface area contributed by atoms with E-state index in [0.29, 0.717) is 0 Å². The molecule has 9 aromatic carbocycles. The van der Waals surface area contributed by atoms with E-state index in [4.69, 9.17) is 0 Å². The Morgan fingerprint density at radius 2 is 1.01 bits per heavy atom. The van der Waals surface area contributed by atoms with Crippen molar-refractivity contribution in [2.24, 2.45) is 0 Å². The summed E-state index contributed by atoms with van der Waals surface area (Å²) in [6, 6.07) is 70.8. The summed E-state index contributed by atoms with van der Waals surface area (Å²) < 4.78 is 0. The molecule has 6 aliphatic rings. The molecule has 0 bridgehead atoms. The molecule has 9 aromatic rings. The lowest BCUT2D eigenvalue weighted by Crippen LogP contribution is -2.64. The number of anilines is 7. The summed E-state index contributed by atoms with van der Waals surface area (Å²) in [5.74, 6) is 0. The number of nitrogens with zero attached hydrogens (tertiary/aromatic N) is 3. The Kier molecular flexibility index (Phi) is 11.4. The average Bonchev–Trinajstić information content (AvgIpc) is 1.59. The van der Waals surface area contributed by atoms with Gasteiger partial charge in [-0.15, -0.1) is 0 Å². The van der Waals surface area contributed by atoms with Crippen molar-refractivity contribution in [3.05, 3.63) is 226 Å². The number of hydrogen-bond donors (Lipinski definition) is 0. The molecule has 4 aliphatic heterocycles. The first kappa shape index (κ1) is 54.4. The SMILES string of the molecule is CC(C)(C)c1ccc2c(c1)B1c3cc(C(C)(C)C)cc4c3N(c3cc(N5c6ccc(C(C)(C)C)cc6C6(c7ccccc7)CCCCC56C)cc(c31)N2c1ccc(C(C)(C)C)cc1-c1ccc2ccccc2c1)C1(C)c2ccccc2CCC41C. The van der Waals surface area contributed by atoms with Crippen LogP contribution in [0.15, 0.2) is 176 Å². The van der Waals surface area contributed by atoms with Crippen LogP contribution in [0.2, 0.25) is 0 Å². The zero-order chi connectivity index (χ0) is 59.3. The number of rotatable bonds is 4. The third-order valence-electron chi connectivity index (χ3n) is 22.6. The van der Waals surface area contributed by atoms with E-state index < -0.39 is 5.54 Å². The van der Waals surface area contributed by atoms with Crippen LogP contribution in [-0.2, 0) is 44.4 Å². The fourth-order valence-electron chi connectivity index (χ4n) is 17.6. The minimum Gasteiger partial charge on any atom is -0.334 e. The van der Waals surface area contributed by atoms with Gasteiger partial charge in [0.1, 0.15) is 0 Å². The van der Waals surface area contributed by atoms with Gasteiger partial charge in [-0.2, -0.15) is 0 Å². The van der Waals surface area contributed by atoms with Crippen LogP contribution >= 0.6 is 0 Å². The molecule has 4 heteroatoms. The molecular formula is C81H86BN3. The highest BCUT2D eigenvalue weighted by Gasteiger charge is 2.65. The summed E-state index contributed by atoms with van der Waals surface area (Å²) in [5, 5.41) is 2.51. The van der Waals surface area contributed by atoms with Crippen LogP contribution in [0.5, 0.6) is 0 Å². The first-order chi connectivity index (χ1) is 40.3. The molecule has 3 nitrogen and oxygen atoms in total. The van der Waals surface area contributed by atoms with E-state index in [9.17, 15) is 0 Å². The first-order valence-electron chi connectivity index (χ1n) is 32.1. The lowest BCUT2D eigenvalue weighted by molar-refractivity contribution is 0.215. The van der Waals surface area contributed by atoms with E-state index in [1.165, 1.54) is 141 Å². The minimum atomic E-state index is -0.414. The second-order valence-electron chi connectivity index (χ2n) is 31.4. The zero-order valence-corrected chi connectivity index (χ0v) is 53.4. The third-order valence-corrected chi connectivity index (χ3v) is 22.6. The molecule has 0 aromatic heterocycles. The largest absolute Gasteiger partial charge is 0.334 e. The Morgan fingerprint density at radius 3 is 1.73 bits per heavy atom. The molecule has 0 saturated heterocycles. The molecule has 4 atom stereocenters. The molecule has 2 aliphatic carbocycles. The van der Waals surface area contributed by atoms with Crippen molar-refractivity contribution in [1.29, 1.82) is 0 Å². The molecule has 0 radical (unpaired) electrons.